The predicted molar refractivity (Wildman–Crippen MR) is 157 cm³/mol. The Morgan fingerprint density at radius 2 is 1.83 bits per heavy atom. The maximum atomic E-state index is 15.9. The molecule has 0 saturated carbocycles. The number of hydrogen-bond donors (Lipinski definition) is 3. The summed E-state index contributed by atoms with van der Waals surface area (Å²) in [5.74, 6) is -3.69. The second-order valence-electron chi connectivity index (χ2n) is 11.7. The summed E-state index contributed by atoms with van der Waals surface area (Å²) in [5.41, 5.74) is -1.18. The Morgan fingerprint density at radius 1 is 1.12 bits per heavy atom. The molecule has 3 aromatic carbocycles. The summed E-state index contributed by atoms with van der Waals surface area (Å²) < 4.78 is 36.6. The van der Waals surface area contributed by atoms with E-state index >= 15 is 8.78 Å². The fraction of sp³-hybridized carbons (Fsp3) is 0.323. The first kappa shape index (κ1) is 29.8. The van der Waals surface area contributed by atoms with Gasteiger partial charge in [-0.25, -0.2) is 8.78 Å². The van der Waals surface area contributed by atoms with Gasteiger partial charge in [0.15, 0.2) is 5.82 Å². The first-order chi connectivity index (χ1) is 19.8. The summed E-state index contributed by atoms with van der Waals surface area (Å²) in [7, 11) is 1.40. The number of hydrogen-bond acceptors (Lipinski definition) is 5. The van der Waals surface area contributed by atoms with Gasteiger partial charge in [0.2, 0.25) is 11.8 Å². The third-order valence-electron chi connectivity index (χ3n) is 7.91. The zero-order valence-corrected chi connectivity index (χ0v) is 24.8. The Labute approximate surface area is 252 Å². The molecule has 42 heavy (non-hydrogen) atoms. The molecule has 218 valence electrons. The quantitative estimate of drug-likeness (QED) is 0.303. The zero-order valence-electron chi connectivity index (χ0n) is 23.2. The lowest BCUT2D eigenvalue weighted by atomic mass is 9.62. The van der Waals surface area contributed by atoms with Gasteiger partial charge in [0, 0.05) is 18.0 Å². The van der Waals surface area contributed by atoms with Gasteiger partial charge >= 0.3 is 0 Å². The van der Waals surface area contributed by atoms with Crippen molar-refractivity contribution in [3.8, 4) is 11.8 Å². The van der Waals surface area contributed by atoms with Gasteiger partial charge in [-0.05, 0) is 47.2 Å². The van der Waals surface area contributed by atoms with Crippen molar-refractivity contribution in [3.05, 3.63) is 86.9 Å². The van der Waals surface area contributed by atoms with Crippen molar-refractivity contribution in [2.75, 3.05) is 17.7 Å². The van der Waals surface area contributed by atoms with E-state index in [1.54, 1.807) is 12.1 Å². The second-order valence-corrected chi connectivity index (χ2v) is 12.5. The van der Waals surface area contributed by atoms with Crippen molar-refractivity contribution in [2.45, 2.75) is 50.6 Å². The number of ether oxygens (including phenoxy) is 1. The highest BCUT2D eigenvalue weighted by Gasteiger charge is 2.66. The van der Waals surface area contributed by atoms with Crippen molar-refractivity contribution in [1.29, 1.82) is 5.26 Å². The Bertz CT molecular complexity index is 1650. The van der Waals surface area contributed by atoms with Crippen molar-refractivity contribution in [3.63, 3.8) is 0 Å². The number of fused-ring (bicyclic) bond motifs is 2. The molecule has 2 aliphatic heterocycles. The second kappa shape index (κ2) is 10.8. The SMILES string of the molecule is COc1cc(C#N)ccc1NC(=O)[C@@H]1N[C@@H](CC(C)(C)C)C2(C(=O)Nc3c2ccc(Cl)c3F)[C@@H]1c1cccc(Cl)c1F. The van der Waals surface area contributed by atoms with Gasteiger partial charge in [-0.3, -0.25) is 9.59 Å². The van der Waals surface area contributed by atoms with Gasteiger partial charge in [0.25, 0.3) is 0 Å². The van der Waals surface area contributed by atoms with Gasteiger partial charge in [-0.15, -0.1) is 0 Å². The molecular formula is C31H28Cl2F2N4O3. The van der Waals surface area contributed by atoms with E-state index in [0.29, 0.717) is 12.0 Å². The normalized spacial score (nSPS) is 22.9. The molecule has 0 bridgehead atoms. The molecule has 1 fully saturated rings. The smallest absolute Gasteiger partial charge is 0.242 e. The number of benzene rings is 3. The van der Waals surface area contributed by atoms with E-state index in [2.05, 4.69) is 16.0 Å². The molecule has 11 heteroatoms. The van der Waals surface area contributed by atoms with Crippen LogP contribution in [0, 0.1) is 28.4 Å². The molecule has 0 radical (unpaired) electrons. The van der Waals surface area contributed by atoms with Gasteiger partial charge in [0.05, 0.1) is 46.2 Å². The Hall–Kier alpha value is -3.71. The lowest BCUT2D eigenvalue weighted by Crippen LogP contribution is -2.49. The highest BCUT2D eigenvalue weighted by molar-refractivity contribution is 6.31. The highest BCUT2D eigenvalue weighted by atomic mass is 35.5. The van der Waals surface area contributed by atoms with Crippen LogP contribution in [0.5, 0.6) is 5.75 Å². The number of nitriles is 1. The number of amides is 2. The van der Waals surface area contributed by atoms with Crippen molar-refractivity contribution in [1.82, 2.24) is 5.32 Å². The first-order valence-electron chi connectivity index (χ1n) is 13.2. The number of halogens is 4. The maximum Gasteiger partial charge on any atom is 0.242 e. The van der Waals surface area contributed by atoms with Crippen LogP contribution in [0.3, 0.4) is 0 Å². The number of nitrogens with zero attached hydrogens (tertiary/aromatic N) is 1. The topological polar surface area (TPSA) is 103 Å². The molecule has 2 heterocycles. The van der Waals surface area contributed by atoms with Crippen LogP contribution in [0.4, 0.5) is 20.2 Å². The van der Waals surface area contributed by atoms with E-state index < -0.39 is 46.9 Å². The minimum absolute atomic E-state index is 0.0247. The number of anilines is 2. The van der Waals surface area contributed by atoms with Crippen LogP contribution in [0.2, 0.25) is 10.0 Å². The molecule has 1 spiro atoms. The molecule has 5 rings (SSSR count). The largest absolute Gasteiger partial charge is 0.495 e. The van der Waals surface area contributed by atoms with E-state index in [-0.39, 0.29) is 43.7 Å². The van der Waals surface area contributed by atoms with Crippen LogP contribution in [-0.2, 0) is 15.0 Å². The van der Waals surface area contributed by atoms with Crippen LogP contribution < -0.4 is 20.7 Å². The predicted octanol–water partition coefficient (Wildman–Crippen LogP) is 6.54. The van der Waals surface area contributed by atoms with Crippen LogP contribution >= 0.6 is 23.2 Å². The standard InChI is InChI=1S/C31H28Cl2F2N4O3/c1-30(2,3)13-22-31(17-9-10-19(33)25(35)26(17)39-29(31)41)23(16-6-5-7-18(32)24(16)34)27(38-22)28(40)37-20-11-8-15(14-36)12-21(20)42-4/h5-12,22-23,27,38H,13H2,1-4H3,(H,37,40)(H,39,41)/t22-,23+,27+,31?/m0/s1. The van der Waals surface area contributed by atoms with Crippen molar-refractivity contribution < 1.29 is 23.1 Å². The molecule has 2 amide bonds. The third kappa shape index (κ3) is 4.77. The average molecular weight is 613 g/mol. The minimum Gasteiger partial charge on any atom is -0.495 e. The van der Waals surface area contributed by atoms with Crippen LogP contribution in [-0.4, -0.2) is 31.0 Å². The van der Waals surface area contributed by atoms with Crippen molar-refractivity contribution >= 4 is 46.4 Å². The van der Waals surface area contributed by atoms with Crippen molar-refractivity contribution in [2.24, 2.45) is 5.41 Å². The molecule has 2 aliphatic rings. The maximum absolute atomic E-state index is 15.9. The minimum atomic E-state index is -1.61. The fourth-order valence-corrected chi connectivity index (χ4v) is 6.59. The summed E-state index contributed by atoms with van der Waals surface area (Å²) in [4.78, 5) is 28.3. The van der Waals surface area contributed by atoms with Gasteiger partial charge < -0.3 is 20.7 Å². The van der Waals surface area contributed by atoms with E-state index in [9.17, 15) is 14.9 Å². The number of methoxy groups -OCH3 is 1. The summed E-state index contributed by atoms with van der Waals surface area (Å²) in [6.07, 6.45) is 0.368. The molecule has 4 atom stereocenters. The first-order valence-corrected chi connectivity index (χ1v) is 14.0. The van der Waals surface area contributed by atoms with Gasteiger partial charge in [-0.2, -0.15) is 5.26 Å². The fourth-order valence-electron chi connectivity index (χ4n) is 6.25. The lowest BCUT2D eigenvalue weighted by molar-refractivity contribution is -0.122. The summed E-state index contributed by atoms with van der Waals surface area (Å²) in [6, 6.07) is 11.9. The van der Waals surface area contributed by atoms with Crippen LogP contribution in [0.15, 0.2) is 48.5 Å². The lowest BCUT2D eigenvalue weighted by Gasteiger charge is -2.37. The molecule has 3 N–H and O–H groups in total. The molecule has 0 aliphatic carbocycles. The van der Waals surface area contributed by atoms with E-state index in [1.165, 1.54) is 43.5 Å². The number of rotatable bonds is 5. The molecular weight excluding hydrogens is 585 g/mol. The zero-order chi connectivity index (χ0) is 30.6. The molecule has 0 aromatic heterocycles. The van der Waals surface area contributed by atoms with Gasteiger partial charge in [-0.1, -0.05) is 62.2 Å². The van der Waals surface area contributed by atoms with E-state index in [4.69, 9.17) is 27.9 Å². The third-order valence-corrected chi connectivity index (χ3v) is 8.50. The monoisotopic (exact) mass is 612 g/mol. The highest BCUT2D eigenvalue weighted by Crippen LogP contribution is 2.57. The molecule has 3 aromatic rings. The molecule has 7 nitrogen and oxygen atoms in total. The Morgan fingerprint density at radius 3 is 2.50 bits per heavy atom. The van der Waals surface area contributed by atoms with Gasteiger partial charge in [0.1, 0.15) is 17.0 Å². The number of carbonyl (C=O) groups excluding carboxylic acids is 2. The molecule has 1 unspecified atom stereocenters. The number of carbonyl (C=O) groups is 2. The summed E-state index contributed by atoms with van der Waals surface area (Å²) in [6.45, 7) is 5.92. The molecule has 1 saturated heterocycles. The Balaban J connectivity index is 1.74. The Kier molecular flexibility index (Phi) is 7.69. The van der Waals surface area contributed by atoms with E-state index in [1.807, 2.05) is 26.8 Å². The van der Waals surface area contributed by atoms with Crippen LogP contribution in [0.1, 0.15) is 49.8 Å². The van der Waals surface area contributed by atoms with E-state index in [0.717, 1.165) is 0 Å². The average Bonchev–Trinajstić information content (AvgIpc) is 3.42. The number of nitrogens with one attached hydrogen (secondary N) is 3. The summed E-state index contributed by atoms with van der Waals surface area (Å²) in [5, 5.41) is 17.7. The summed E-state index contributed by atoms with van der Waals surface area (Å²) >= 11 is 12.3. The van der Waals surface area contributed by atoms with Crippen LogP contribution in [0.25, 0.3) is 0 Å².